The number of hydrogen-bond donors (Lipinski definition) is 1. The van der Waals surface area contributed by atoms with Gasteiger partial charge >= 0.3 is 0 Å². The molecule has 4 aromatic rings. The van der Waals surface area contributed by atoms with Gasteiger partial charge < -0.3 is 14.5 Å². The number of methoxy groups -OCH3 is 1. The van der Waals surface area contributed by atoms with Gasteiger partial charge in [0.15, 0.2) is 11.5 Å². The molecule has 4 heteroatoms. The van der Waals surface area contributed by atoms with E-state index in [4.69, 9.17) is 15.9 Å². The van der Waals surface area contributed by atoms with Crippen molar-refractivity contribution in [2.24, 2.45) is 0 Å². The van der Waals surface area contributed by atoms with E-state index in [9.17, 15) is 0 Å². The maximum Gasteiger partial charge on any atom is 0.161 e. The maximum atomic E-state index is 6.20. The average Bonchev–Trinajstić information content (AvgIpc) is 3.89. The molecule has 1 N–H and O–H groups in total. The Labute approximate surface area is 460 Å². The van der Waals surface area contributed by atoms with Crippen LogP contribution in [0.3, 0.4) is 0 Å². The molecule has 1 aromatic heterocycles. The molecular formula is C74H34N2O2. The van der Waals surface area contributed by atoms with E-state index < -0.39 is 0 Å². The minimum Gasteiger partial charge on any atom is -0.493 e. The van der Waals surface area contributed by atoms with Gasteiger partial charge in [0.2, 0.25) is 0 Å². The molecule has 0 aliphatic carbocycles. The van der Waals surface area contributed by atoms with E-state index in [-0.39, 0.29) is 0 Å². The summed E-state index contributed by atoms with van der Waals surface area (Å²) in [7, 11) is 1.74. The third-order valence-corrected chi connectivity index (χ3v) is 10.1. The second-order valence-corrected chi connectivity index (χ2v) is 14.8. The zero-order valence-electron chi connectivity index (χ0n) is 42.4. The number of nitrogens with one attached hydrogen (secondary N) is 1. The Hall–Kier alpha value is -12.9. The number of aryl methyl sites for hydroxylation is 1. The first kappa shape index (κ1) is 56.0. The van der Waals surface area contributed by atoms with Crippen LogP contribution in [0.15, 0.2) is 60.7 Å². The van der Waals surface area contributed by atoms with Crippen LogP contribution in [0.2, 0.25) is 0 Å². The summed E-state index contributed by atoms with van der Waals surface area (Å²) in [5.41, 5.74) is 9.46. The van der Waals surface area contributed by atoms with Crippen molar-refractivity contribution in [3.8, 4) is 273 Å². The third kappa shape index (κ3) is 20.8. The monoisotopic (exact) mass is 982 g/mol. The first-order chi connectivity index (χ1) is 38.6. The van der Waals surface area contributed by atoms with Crippen LogP contribution >= 0.6 is 0 Å². The van der Waals surface area contributed by atoms with Gasteiger partial charge in [-0.3, -0.25) is 4.90 Å². The van der Waals surface area contributed by atoms with Gasteiger partial charge in [-0.05, 0) is 173 Å². The molecule has 2 aliphatic rings. The zero-order chi connectivity index (χ0) is 54.8. The van der Waals surface area contributed by atoms with Gasteiger partial charge in [0, 0.05) is 190 Å². The topological polar surface area (TPSA) is 37.5 Å². The lowest BCUT2D eigenvalue weighted by Gasteiger charge is -2.40. The number of aromatic nitrogens is 1. The van der Waals surface area contributed by atoms with Gasteiger partial charge in [-0.2, -0.15) is 0 Å². The van der Waals surface area contributed by atoms with Crippen molar-refractivity contribution < 1.29 is 9.47 Å². The number of terminal acetylenes is 1. The molecule has 1 atom stereocenters. The van der Waals surface area contributed by atoms with Crippen LogP contribution in [-0.4, -0.2) is 23.5 Å². The highest BCUT2D eigenvalue weighted by Gasteiger charge is 2.34. The summed E-state index contributed by atoms with van der Waals surface area (Å²) in [6.07, 6.45) is 8.07. The molecule has 0 amide bonds. The van der Waals surface area contributed by atoms with E-state index >= 15 is 0 Å². The summed E-state index contributed by atoms with van der Waals surface area (Å²) < 4.78 is 12.0. The van der Waals surface area contributed by atoms with Crippen molar-refractivity contribution in [2.45, 2.75) is 52.3 Å². The van der Waals surface area contributed by atoms with E-state index in [1.165, 1.54) is 38.9 Å². The van der Waals surface area contributed by atoms with Crippen molar-refractivity contribution in [3.05, 3.63) is 94.2 Å². The summed E-state index contributed by atoms with van der Waals surface area (Å²) in [4.78, 5) is 6.32. The zero-order valence-corrected chi connectivity index (χ0v) is 42.4. The van der Waals surface area contributed by atoms with Crippen molar-refractivity contribution in [2.75, 3.05) is 13.7 Å². The molecule has 1 unspecified atom stereocenters. The van der Waals surface area contributed by atoms with Gasteiger partial charge in [0.1, 0.15) is 6.61 Å². The SMILES string of the molecule is C#CC#CC#CC#CC#CC#CC#CC#CC#CC#CC#CC#CC#CC#CC#CC#CC#CC#CC#CC#CC#CC#CC.CCc1ccc2[nH]c3c(c2c1)CC1c2cc(OC)c(OCc4ccccc4)cc2CCN1C3. The summed E-state index contributed by atoms with van der Waals surface area (Å²) in [5, 5.41) is 1.39. The number of hydrogen-bond acceptors (Lipinski definition) is 3. The molecule has 0 bridgehead atoms. The lowest BCUT2D eigenvalue weighted by Crippen LogP contribution is -2.39. The Morgan fingerprint density at radius 1 is 0.513 bits per heavy atom. The van der Waals surface area contributed by atoms with Gasteiger partial charge in [0.25, 0.3) is 0 Å². The first-order valence-corrected chi connectivity index (χ1v) is 23.3. The van der Waals surface area contributed by atoms with Crippen LogP contribution in [0.4, 0.5) is 0 Å². The molecular weight excluding hydrogens is 949 g/mol. The van der Waals surface area contributed by atoms with Crippen molar-refractivity contribution in [1.29, 1.82) is 0 Å². The molecule has 2 aliphatic heterocycles. The molecule has 3 aromatic carbocycles. The van der Waals surface area contributed by atoms with Crippen molar-refractivity contribution >= 4 is 10.9 Å². The van der Waals surface area contributed by atoms with Gasteiger partial charge in [-0.1, -0.05) is 49.2 Å². The van der Waals surface area contributed by atoms with Crippen LogP contribution in [-0.2, 0) is 32.4 Å². The molecule has 0 spiro atoms. The van der Waals surface area contributed by atoms with Crippen LogP contribution in [0.1, 0.15) is 53.4 Å². The fourth-order valence-electron chi connectivity index (χ4n) is 6.85. The predicted octanol–water partition coefficient (Wildman–Crippen LogP) is 6.68. The molecule has 78 heavy (non-hydrogen) atoms. The Kier molecular flexibility index (Phi) is 25.3. The van der Waals surface area contributed by atoms with Crippen LogP contribution in [0.25, 0.3) is 10.9 Å². The molecule has 0 saturated carbocycles. The summed E-state index contributed by atoms with van der Waals surface area (Å²) in [6, 6.07) is 22.0. The molecule has 6 rings (SSSR count). The summed E-state index contributed by atoms with van der Waals surface area (Å²) in [6.45, 7) is 6.50. The lowest BCUT2D eigenvalue weighted by molar-refractivity contribution is 0.158. The molecule has 3 heterocycles. The second kappa shape index (κ2) is 35.2. The number of H-pyrrole nitrogens is 1. The fraction of sp³-hybridized carbons (Fsp3) is 0.135. The summed E-state index contributed by atoms with van der Waals surface area (Å²) >= 11 is 0. The minimum atomic E-state index is 0.377. The maximum absolute atomic E-state index is 6.20. The highest BCUT2D eigenvalue weighted by molar-refractivity contribution is 5.86. The van der Waals surface area contributed by atoms with Crippen molar-refractivity contribution in [3.63, 3.8) is 0 Å². The smallest absolute Gasteiger partial charge is 0.161 e. The Morgan fingerprint density at radius 3 is 1.36 bits per heavy atom. The van der Waals surface area contributed by atoms with Gasteiger partial charge in [-0.15, -0.1) is 6.42 Å². The number of benzene rings is 3. The largest absolute Gasteiger partial charge is 0.493 e. The van der Waals surface area contributed by atoms with E-state index in [0.717, 1.165) is 49.4 Å². The summed E-state index contributed by atoms with van der Waals surface area (Å²) in [5.74, 6) is 109. The highest BCUT2D eigenvalue weighted by atomic mass is 16.5. The highest BCUT2D eigenvalue weighted by Crippen LogP contribution is 2.44. The molecule has 0 saturated heterocycles. The Morgan fingerprint density at radius 2 is 0.949 bits per heavy atom. The minimum absolute atomic E-state index is 0.377. The number of nitrogens with zero attached hydrogens (tertiary/aromatic N) is 1. The second-order valence-electron chi connectivity index (χ2n) is 14.8. The van der Waals surface area contributed by atoms with E-state index in [0.29, 0.717) is 12.6 Å². The standard InChI is InChI=1S/C45H4.C29H30N2O2/c1-3-5-7-9-11-13-15-17-19-21-23-25-27-29-31-33-35-37-39-41-43-45-44-42-40-38-36-34-32-30-28-26-24-22-20-18-16-14-12-10-8-6-4-2;1-3-19-9-10-25-23(13-19)24-15-27-22-16-28(32-2)29(33-18-20-7-5-4-6-8-20)14-21(22)11-12-31(27)17-26(24)30-25/h1H,2H3;4-10,13-14,16,27,30H,3,11-12,15,17-18H2,1-2H3. The van der Waals surface area contributed by atoms with E-state index in [1.807, 2.05) is 18.2 Å². The Balaban J connectivity index is 0.000000298. The van der Waals surface area contributed by atoms with Gasteiger partial charge in [0.05, 0.1) is 7.11 Å². The average molecular weight is 983 g/mol. The molecule has 352 valence electrons. The number of rotatable bonds is 5. The normalized spacial score (nSPS) is 9.59. The van der Waals surface area contributed by atoms with Crippen molar-refractivity contribution in [1.82, 2.24) is 9.88 Å². The fourth-order valence-corrected chi connectivity index (χ4v) is 6.85. The third-order valence-electron chi connectivity index (χ3n) is 10.1. The number of fused-ring (bicyclic) bond motifs is 6. The predicted molar refractivity (Wildman–Crippen MR) is 310 cm³/mol. The lowest BCUT2D eigenvalue weighted by atomic mass is 9.85. The first-order valence-electron chi connectivity index (χ1n) is 23.3. The van der Waals surface area contributed by atoms with E-state index in [2.05, 4.69) is 314 Å². The van der Waals surface area contributed by atoms with E-state index in [1.54, 1.807) is 14.0 Å². The number of ether oxygens (including phenoxy) is 2. The molecule has 0 fully saturated rings. The number of aromatic amines is 1. The van der Waals surface area contributed by atoms with Crippen LogP contribution in [0, 0.1) is 261 Å². The van der Waals surface area contributed by atoms with Crippen LogP contribution < -0.4 is 9.47 Å². The van der Waals surface area contributed by atoms with Gasteiger partial charge in [-0.25, -0.2) is 0 Å². The quantitative estimate of drug-likeness (QED) is 0.227. The molecule has 4 nitrogen and oxygen atoms in total. The molecule has 0 radical (unpaired) electrons. The Bertz CT molecular complexity index is 4520. The van der Waals surface area contributed by atoms with Crippen LogP contribution in [0.5, 0.6) is 11.5 Å².